The predicted octanol–water partition coefficient (Wildman–Crippen LogP) is 3.66. The van der Waals surface area contributed by atoms with Crippen LogP contribution in [0.4, 0.5) is 5.69 Å². The largest absolute Gasteiger partial charge is 0.497 e. The number of amides is 2. The third kappa shape index (κ3) is 3.83. The molecule has 26 heavy (non-hydrogen) atoms. The van der Waals surface area contributed by atoms with Gasteiger partial charge in [-0.25, -0.2) is 0 Å². The van der Waals surface area contributed by atoms with Gasteiger partial charge in [-0.05, 0) is 36.1 Å². The van der Waals surface area contributed by atoms with Gasteiger partial charge < -0.3 is 15.4 Å². The normalized spacial score (nSPS) is 11.6. The van der Waals surface area contributed by atoms with Crippen LogP contribution >= 0.6 is 0 Å². The second kappa shape index (κ2) is 7.70. The molecule has 3 aromatic rings. The molecule has 2 amide bonds. The highest BCUT2D eigenvalue weighted by molar-refractivity contribution is 6.40. The number of anilines is 1. The molecule has 0 aliphatic rings. The average molecular weight is 348 g/mol. The number of carbonyl (C=O) groups is 2. The van der Waals surface area contributed by atoms with E-state index in [2.05, 4.69) is 10.6 Å². The number of rotatable bonds is 4. The van der Waals surface area contributed by atoms with Crippen LogP contribution in [0.2, 0.25) is 0 Å². The maximum Gasteiger partial charge on any atom is 0.313 e. The van der Waals surface area contributed by atoms with Crippen molar-refractivity contribution in [1.82, 2.24) is 5.32 Å². The van der Waals surface area contributed by atoms with Gasteiger partial charge in [0, 0.05) is 11.1 Å². The quantitative estimate of drug-likeness (QED) is 0.707. The first-order valence-electron chi connectivity index (χ1n) is 8.32. The molecule has 1 unspecified atom stereocenters. The summed E-state index contributed by atoms with van der Waals surface area (Å²) in [6.07, 6.45) is 0. The van der Waals surface area contributed by atoms with Gasteiger partial charge in [0.2, 0.25) is 0 Å². The molecule has 0 aromatic heterocycles. The third-order valence-corrected chi connectivity index (χ3v) is 4.21. The average Bonchev–Trinajstić information content (AvgIpc) is 2.68. The summed E-state index contributed by atoms with van der Waals surface area (Å²) in [4.78, 5) is 24.5. The summed E-state index contributed by atoms with van der Waals surface area (Å²) in [5.41, 5.74) is 1.50. The minimum atomic E-state index is -0.693. The van der Waals surface area contributed by atoms with E-state index >= 15 is 0 Å². The first-order chi connectivity index (χ1) is 12.6. The lowest BCUT2D eigenvalue weighted by atomic mass is 10.1. The summed E-state index contributed by atoms with van der Waals surface area (Å²) < 4.78 is 5.12. The Morgan fingerprint density at radius 1 is 0.885 bits per heavy atom. The molecule has 0 heterocycles. The van der Waals surface area contributed by atoms with Crippen LogP contribution in [0.3, 0.4) is 0 Å². The van der Waals surface area contributed by atoms with E-state index in [1.165, 1.54) is 0 Å². The van der Waals surface area contributed by atoms with Crippen molar-refractivity contribution < 1.29 is 14.3 Å². The molecule has 0 fully saturated rings. The molecule has 3 rings (SSSR count). The fourth-order valence-electron chi connectivity index (χ4n) is 2.75. The molecular formula is C21H20N2O3. The molecule has 0 bridgehead atoms. The van der Waals surface area contributed by atoms with E-state index in [1.807, 2.05) is 67.6 Å². The molecule has 3 aromatic carbocycles. The standard InChI is InChI=1S/C21H20N2O3/c1-14(15-10-12-17(26-2)13-11-15)22-20(24)21(25)23-19-9-5-7-16-6-3-4-8-18(16)19/h3-14H,1-2H3,(H,22,24)(H,23,25). The Bertz CT molecular complexity index is 930. The summed E-state index contributed by atoms with van der Waals surface area (Å²) in [5.74, 6) is -0.635. The van der Waals surface area contributed by atoms with Crippen LogP contribution in [0.15, 0.2) is 66.7 Å². The Morgan fingerprint density at radius 3 is 2.31 bits per heavy atom. The molecule has 2 N–H and O–H groups in total. The minimum absolute atomic E-state index is 0.299. The molecule has 0 aliphatic carbocycles. The van der Waals surface area contributed by atoms with Gasteiger partial charge in [-0.15, -0.1) is 0 Å². The van der Waals surface area contributed by atoms with Crippen molar-refractivity contribution in [3.63, 3.8) is 0 Å². The number of ether oxygens (including phenoxy) is 1. The SMILES string of the molecule is COc1ccc(C(C)NC(=O)C(=O)Nc2cccc3ccccc23)cc1. The van der Waals surface area contributed by atoms with E-state index in [-0.39, 0.29) is 6.04 Å². The number of fused-ring (bicyclic) bond motifs is 1. The number of hydrogen-bond donors (Lipinski definition) is 2. The minimum Gasteiger partial charge on any atom is -0.497 e. The summed E-state index contributed by atoms with van der Waals surface area (Å²) in [6.45, 7) is 1.82. The second-order valence-corrected chi connectivity index (χ2v) is 5.95. The van der Waals surface area contributed by atoms with Crippen molar-refractivity contribution >= 4 is 28.3 Å². The van der Waals surface area contributed by atoms with Gasteiger partial charge in [0.05, 0.1) is 13.2 Å². The molecule has 132 valence electrons. The lowest BCUT2D eigenvalue weighted by Gasteiger charge is -2.15. The Kier molecular flexibility index (Phi) is 5.17. The lowest BCUT2D eigenvalue weighted by Crippen LogP contribution is -2.36. The van der Waals surface area contributed by atoms with Gasteiger partial charge >= 0.3 is 11.8 Å². The van der Waals surface area contributed by atoms with Crippen LogP contribution in [0, 0.1) is 0 Å². The maximum absolute atomic E-state index is 12.3. The van der Waals surface area contributed by atoms with Gasteiger partial charge in [-0.1, -0.05) is 48.5 Å². The molecule has 5 nitrogen and oxygen atoms in total. The first kappa shape index (κ1) is 17.5. The molecule has 1 atom stereocenters. The fraction of sp³-hybridized carbons (Fsp3) is 0.143. The Balaban J connectivity index is 1.68. The third-order valence-electron chi connectivity index (χ3n) is 4.21. The summed E-state index contributed by atoms with van der Waals surface area (Å²) in [7, 11) is 1.60. The van der Waals surface area contributed by atoms with E-state index in [0.717, 1.165) is 22.1 Å². The monoisotopic (exact) mass is 348 g/mol. The maximum atomic E-state index is 12.3. The first-order valence-corrected chi connectivity index (χ1v) is 8.32. The van der Waals surface area contributed by atoms with Gasteiger partial charge in [-0.3, -0.25) is 9.59 Å². The van der Waals surface area contributed by atoms with Gasteiger partial charge in [0.25, 0.3) is 0 Å². The van der Waals surface area contributed by atoms with Crippen molar-refractivity contribution in [3.8, 4) is 5.75 Å². The molecule has 0 aliphatic heterocycles. The van der Waals surface area contributed by atoms with Gasteiger partial charge in [0.1, 0.15) is 5.75 Å². The zero-order valence-electron chi connectivity index (χ0n) is 14.7. The highest BCUT2D eigenvalue weighted by Gasteiger charge is 2.18. The summed E-state index contributed by atoms with van der Waals surface area (Å²) in [5, 5.41) is 7.28. The molecule has 0 saturated heterocycles. The van der Waals surface area contributed by atoms with E-state index in [1.54, 1.807) is 13.2 Å². The van der Waals surface area contributed by atoms with E-state index in [0.29, 0.717) is 5.69 Å². The summed E-state index contributed by atoms with van der Waals surface area (Å²) >= 11 is 0. The van der Waals surface area contributed by atoms with Crippen molar-refractivity contribution in [2.24, 2.45) is 0 Å². The van der Waals surface area contributed by atoms with E-state index in [4.69, 9.17) is 4.74 Å². The van der Waals surface area contributed by atoms with Crippen LogP contribution in [0.25, 0.3) is 10.8 Å². The number of methoxy groups -OCH3 is 1. The van der Waals surface area contributed by atoms with Crippen LogP contribution in [-0.2, 0) is 9.59 Å². The number of carbonyl (C=O) groups excluding carboxylic acids is 2. The van der Waals surface area contributed by atoms with Crippen LogP contribution in [0.5, 0.6) is 5.75 Å². The predicted molar refractivity (Wildman–Crippen MR) is 102 cm³/mol. The molecule has 0 spiro atoms. The lowest BCUT2D eigenvalue weighted by molar-refractivity contribution is -0.136. The number of benzene rings is 3. The fourth-order valence-corrected chi connectivity index (χ4v) is 2.75. The summed E-state index contributed by atoms with van der Waals surface area (Å²) in [6, 6.07) is 20.3. The van der Waals surface area contributed by atoms with Crippen molar-refractivity contribution in [3.05, 3.63) is 72.3 Å². The van der Waals surface area contributed by atoms with E-state index < -0.39 is 11.8 Å². The van der Waals surface area contributed by atoms with E-state index in [9.17, 15) is 9.59 Å². The number of nitrogens with one attached hydrogen (secondary N) is 2. The zero-order chi connectivity index (χ0) is 18.5. The Labute approximate surface area is 152 Å². The topological polar surface area (TPSA) is 67.4 Å². The van der Waals surface area contributed by atoms with Crippen molar-refractivity contribution in [2.45, 2.75) is 13.0 Å². The van der Waals surface area contributed by atoms with Crippen LogP contribution in [-0.4, -0.2) is 18.9 Å². The van der Waals surface area contributed by atoms with Crippen molar-refractivity contribution in [1.29, 1.82) is 0 Å². The molecule has 0 radical (unpaired) electrons. The smallest absolute Gasteiger partial charge is 0.313 e. The number of hydrogen-bond acceptors (Lipinski definition) is 3. The van der Waals surface area contributed by atoms with Gasteiger partial charge in [-0.2, -0.15) is 0 Å². The zero-order valence-corrected chi connectivity index (χ0v) is 14.7. The second-order valence-electron chi connectivity index (χ2n) is 5.95. The van der Waals surface area contributed by atoms with Crippen LogP contribution < -0.4 is 15.4 Å². The highest BCUT2D eigenvalue weighted by atomic mass is 16.5. The Hall–Kier alpha value is -3.34. The molecular weight excluding hydrogens is 328 g/mol. The molecule has 0 saturated carbocycles. The van der Waals surface area contributed by atoms with Gasteiger partial charge in [0.15, 0.2) is 0 Å². The van der Waals surface area contributed by atoms with Crippen LogP contribution in [0.1, 0.15) is 18.5 Å². The molecule has 5 heteroatoms. The Morgan fingerprint density at radius 2 is 1.58 bits per heavy atom. The van der Waals surface area contributed by atoms with Crippen molar-refractivity contribution in [2.75, 3.05) is 12.4 Å². The highest BCUT2D eigenvalue weighted by Crippen LogP contribution is 2.23.